The predicted molar refractivity (Wildman–Crippen MR) is 63.5 cm³/mol. The standard InChI is InChI=1S/C14H22O/c1-4-15-13-9-11(2)14(3)8-6-5-7-12(14)10-13/h9-11H,4-8H2,1-3H3. The summed E-state index contributed by atoms with van der Waals surface area (Å²) in [5.41, 5.74) is 2.03. The Morgan fingerprint density at radius 1 is 1.47 bits per heavy atom. The first-order chi connectivity index (χ1) is 7.16. The van der Waals surface area contributed by atoms with Crippen LogP contribution in [0.5, 0.6) is 0 Å². The van der Waals surface area contributed by atoms with Crippen LogP contribution in [0.25, 0.3) is 0 Å². The molecule has 2 aliphatic carbocycles. The Bertz CT molecular complexity index is 300. The molecule has 2 aliphatic rings. The molecular formula is C14H22O. The zero-order valence-electron chi connectivity index (χ0n) is 10.2. The fourth-order valence-corrected chi connectivity index (χ4v) is 2.92. The first-order valence-electron chi connectivity index (χ1n) is 6.22. The van der Waals surface area contributed by atoms with Gasteiger partial charge in [0, 0.05) is 0 Å². The highest BCUT2D eigenvalue weighted by Crippen LogP contribution is 2.49. The monoisotopic (exact) mass is 206 g/mol. The number of hydrogen-bond donors (Lipinski definition) is 0. The number of hydrogen-bond acceptors (Lipinski definition) is 1. The minimum atomic E-state index is 0.416. The van der Waals surface area contributed by atoms with Gasteiger partial charge in [0.2, 0.25) is 0 Å². The van der Waals surface area contributed by atoms with Gasteiger partial charge in [-0.2, -0.15) is 0 Å². The molecule has 15 heavy (non-hydrogen) atoms. The predicted octanol–water partition coefficient (Wildman–Crippen LogP) is 4.06. The molecule has 1 heteroatoms. The lowest BCUT2D eigenvalue weighted by atomic mass is 9.62. The van der Waals surface area contributed by atoms with Gasteiger partial charge in [0.05, 0.1) is 6.61 Å². The van der Waals surface area contributed by atoms with Crippen LogP contribution >= 0.6 is 0 Å². The van der Waals surface area contributed by atoms with Crippen molar-refractivity contribution in [2.24, 2.45) is 11.3 Å². The molecule has 0 aromatic heterocycles. The summed E-state index contributed by atoms with van der Waals surface area (Å²) >= 11 is 0. The second-order valence-electron chi connectivity index (χ2n) is 5.08. The zero-order valence-corrected chi connectivity index (χ0v) is 10.2. The SMILES string of the molecule is CCOC1=CC(C)C2(C)CCCCC2=C1. The van der Waals surface area contributed by atoms with Gasteiger partial charge >= 0.3 is 0 Å². The van der Waals surface area contributed by atoms with E-state index in [0.29, 0.717) is 11.3 Å². The molecule has 0 N–H and O–H groups in total. The van der Waals surface area contributed by atoms with Gasteiger partial charge in [-0.05, 0) is 49.7 Å². The van der Waals surface area contributed by atoms with Crippen molar-refractivity contribution >= 4 is 0 Å². The number of ether oxygens (including phenoxy) is 1. The van der Waals surface area contributed by atoms with Gasteiger partial charge in [0.25, 0.3) is 0 Å². The van der Waals surface area contributed by atoms with Crippen molar-refractivity contribution in [3.63, 3.8) is 0 Å². The van der Waals surface area contributed by atoms with Crippen molar-refractivity contribution in [1.82, 2.24) is 0 Å². The van der Waals surface area contributed by atoms with E-state index in [-0.39, 0.29) is 0 Å². The zero-order chi connectivity index (χ0) is 10.9. The van der Waals surface area contributed by atoms with Gasteiger partial charge in [-0.25, -0.2) is 0 Å². The van der Waals surface area contributed by atoms with Gasteiger partial charge in [0.15, 0.2) is 0 Å². The van der Waals surface area contributed by atoms with Crippen molar-refractivity contribution in [1.29, 1.82) is 0 Å². The van der Waals surface area contributed by atoms with Gasteiger partial charge in [-0.3, -0.25) is 0 Å². The van der Waals surface area contributed by atoms with Crippen molar-refractivity contribution in [3.8, 4) is 0 Å². The summed E-state index contributed by atoms with van der Waals surface area (Å²) in [4.78, 5) is 0. The van der Waals surface area contributed by atoms with Crippen LogP contribution in [0.4, 0.5) is 0 Å². The molecule has 2 unspecified atom stereocenters. The maximum atomic E-state index is 5.63. The topological polar surface area (TPSA) is 9.23 Å². The molecule has 84 valence electrons. The molecule has 1 saturated carbocycles. The van der Waals surface area contributed by atoms with E-state index in [1.165, 1.54) is 25.7 Å². The molecule has 0 aromatic carbocycles. The molecule has 0 aromatic rings. The third-order valence-corrected chi connectivity index (χ3v) is 4.17. The van der Waals surface area contributed by atoms with E-state index in [1.807, 2.05) is 0 Å². The van der Waals surface area contributed by atoms with Crippen LogP contribution in [0.3, 0.4) is 0 Å². The summed E-state index contributed by atoms with van der Waals surface area (Å²) in [5, 5.41) is 0. The molecule has 1 fully saturated rings. The normalized spacial score (nSPS) is 35.3. The van der Waals surface area contributed by atoms with Crippen LogP contribution in [0.1, 0.15) is 46.5 Å². The van der Waals surface area contributed by atoms with Gasteiger partial charge < -0.3 is 4.74 Å². The molecule has 2 rings (SSSR count). The highest BCUT2D eigenvalue weighted by molar-refractivity contribution is 5.32. The van der Waals surface area contributed by atoms with Crippen LogP contribution < -0.4 is 0 Å². The maximum Gasteiger partial charge on any atom is 0.115 e. The Labute approximate surface area is 93.2 Å². The van der Waals surface area contributed by atoms with Crippen LogP contribution in [0, 0.1) is 11.3 Å². The van der Waals surface area contributed by atoms with Crippen LogP contribution in [0.15, 0.2) is 23.5 Å². The molecule has 0 spiro atoms. The largest absolute Gasteiger partial charge is 0.494 e. The fourth-order valence-electron chi connectivity index (χ4n) is 2.92. The smallest absolute Gasteiger partial charge is 0.115 e. The highest BCUT2D eigenvalue weighted by Gasteiger charge is 2.38. The average Bonchev–Trinajstić information content (AvgIpc) is 2.20. The first-order valence-corrected chi connectivity index (χ1v) is 6.22. The fraction of sp³-hybridized carbons (Fsp3) is 0.714. The first kappa shape index (κ1) is 10.8. The van der Waals surface area contributed by atoms with E-state index in [4.69, 9.17) is 4.74 Å². The molecule has 0 saturated heterocycles. The van der Waals surface area contributed by atoms with E-state index < -0.39 is 0 Å². The molecule has 0 bridgehead atoms. The summed E-state index contributed by atoms with van der Waals surface area (Å²) in [6, 6.07) is 0. The Kier molecular flexibility index (Phi) is 2.90. The molecule has 1 nitrogen and oxygen atoms in total. The average molecular weight is 206 g/mol. The lowest BCUT2D eigenvalue weighted by Gasteiger charge is -2.43. The Morgan fingerprint density at radius 3 is 3.00 bits per heavy atom. The Hall–Kier alpha value is -0.720. The lowest BCUT2D eigenvalue weighted by molar-refractivity contribution is 0.196. The van der Waals surface area contributed by atoms with Crippen molar-refractivity contribution in [2.75, 3.05) is 6.61 Å². The molecular weight excluding hydrogens is 184 g/mol. The van der Waals surface area contributed by atoms with E-state index in [2.05, 4.69) is 32.9 Å². The third-order valence-electron chi connectivity index (χ3n) is 4.17. The summed E-state index contributed by atoms with van der Waals surface area (Å²) < 4.78 is 5.63. The van der Waals surface area contributed by atoms with E-state index in [0.717, 1.165) is 12.4 Å². The second-order valence-corrected chi connectivity index (χ2v) is 5.08. The van der Waals surface area contributed by atoms with Gasteiger partial charge in [-0.1, -0.05) is 25.8 Å². The van der Waals surface area contributed by atoms with Gasteiger partial charge in [-0.15, -0.1) is 0 Å². The Balaban J connectivity index is 2.25. The third kappa shape index (κ3) is 1.84. The van der Waals surface area contributed by atoms with E-state index >= 15 is 0 Å². The van der Waals surface area contributed by atoms with E-state index in [1.54, 1.807) is 5.57 Å². The maximum absolute atomic E-state index is 5.63. The van der Waals surface area contributed by atoms with E-state index in [9.17, 15) is 0 Å². The minimum absolute atomic E-state index is 0.416. The molecule has 0 aliphatic heterocycles. The second kappa shape index (κ2) is 4.03. The van der Waals surface area contributed by atoms with Crippen molar-refractivity contribution < 1.29 is 4.74 Å². The van der Waals surface area contributed by atoms with Crippen LogP contribution in [-0.2, 0) is 4.74 Å². The van der Waals surface area contributed by atoms with Crippen molar-refractivity contribution in [2.45, 2.75) is 46.5 Å². The summed E-state index contributed by atoms with van der Waals surface area (Å²) in [5.74, 6) is 1.72. The quantitative estimate of drug-likeness (QED) is 0.662. The summed E-state index contributed by atoms with van der Waals surface area (Å²) in [7, 11) is 0. The molecule has 0 heterocycles. The molecule has 2 atom stereocenters. The minimum Gasteiger partial charge on any atom is -0.494 e. The number of rotatable bonds is 2. The number of allylic oxidation sites excluding steroid dienone is 3. The summed E-state index contributed by atoms with van der Waals surface area (Å²) in [6.45, 7) is 7.58. The summed E-state index contributed by atoms with van der Waals surface area (Å²) in [6.07, 6.45) is 9.95. The molecule has 0 radical (unpaired) electrons. The van der Waals surface area contributed by atoms with Crippen molar-refractivity contribution in [3.05, 3.63) is 23.5 Å². The van der Waals surface area contributed by atoms with Crippen LogP contribution in [0.2, 0.25) is 0 Å². The molecule has 0 amide bonds. The van der Waals surface area contributed by atoms with Gasteiger partial charge in [0.1, 0.15) is 5.76 Å². The Morgan fingerprint density at radius 2 is 2.27 bits per heavy atom. The lowest BCUT2D eigenvalue weighted by Crippen LogP contribution is -2.32. The van der Waals surface area contributed by atoms with Crippen LogP contribution in [-0.4, -0.2) is 6.61 Å². The number of fused-ring (bicyclic) bond motifs is 1. The highest BCUT2D eigenvalue weighted by atomic mass is 16.5.